The molecule has 7 heteroatoms. The van der Waals surface area contributed by atoms with Crippen molar-refractivity contribution in [3.8, 4) is 5.75 Å². The van der Waals surface area contributed by atoms with Gasteiger partial charge in [-0.15, -0.1) is 0 Å². The summed E-state index contributed by atoms with van der Waals surface area (Å²) in [4.78, 5) is 2.44. The Bertz CT molecular complexity index is 1320. The van der Waals surface area contributed by atoms with Crippen LogP contribution in [0.4, 0.5) is 5.69 Å². The van der Waals surface area contributed by atoms with Crippen molar-refractivity contribution in [1.29, 1.82) is 0 Å². The third-order valence-corrected chi connectivity index (χ3v) is 6.81. The lowest BCUT2D eigenvalue weighted by atomic mass is 10.1. The number of anilines is 1. The second-order valence-corrected chi connectivity index (χ2v) is 10.5. The Hall–Kier alpha value is -2.87. The van der Waals surface area contributed by atoms with Crippen LogP contribution in [0.2, 0.25) is 0 Å². The summed E-state index contributed by atoms with van der Waals surface area (Å²) in [7, 11) is 8.74. The van der Waals surface area contributed by atoms with Crippen LogP contribution in [0.5, 0.6) is 5.75 Å². The average molecular weight is 479 g/mol. The Morgan fingerprint density at radius 1 is 1.06 bits per heavy atom. The molecule has 5 rings (SSSR count). The molecule has 2 aromatic carbocycles. The van der Waals surface area contributed by atoms with Crippen molar-refractivity contribution in [3.63, 3.8) is 0 Å². The maximum Gasteiger partial charge on any atom is 0.261 e. The predicted molar refractivity (Wildman–Crippen MR) is 141 cm³/mol. The highest BCUT2D eigenvalue weighted by molar-refractivity contribution is 6.11. The molecule has 0 atom stereocenters. The zero-order valence-corrected chi connectivity index (χ0v) is 21.5. The maximum atomic E-state index is 6.47. The molecular formula is C28H38N4O3+2. The molecule has 2 aromatic heterocycles. The van der Waals surface area contributed by atoms with Gasteiger partial charge in [0.25, 0.3) is 5.52 Å². The highest BCUT2D eigenvalue weighted by atomic mass is 16.5. The lowest BCUT2D eigenvalue weighted by Crippen LogP contribution is -2.39. The Morgan fingerprint density at radius 2 is 1.86 bits per heavy atom. The number of fused-ring (bicyclic) bond motifs is 4. The fraction of sp³-hybridized carbons (Fsp3) is 0.464. The van der Waals surface area contributed by atoms with E-state index in [-0.39, 0.29) is 0 Å². The van der Waals surface area contributed by atoms with Gasteiger partial charge in [-0.3, -0.25) is 4.90 Å². The fourth-order valence-corrected chi connectivity index (χ4v) is 4.94. The minimum atomic E-state index is 0.709. The molecule has 0 bridgehead atoms. The number of quaternary nitrogens is 1. The van der Waals surface area contributed by atoms with E-state index in [1.54, 1.807) is 0 Å². The van der Waals surface area contributed by atoms with Crippen molar-refractivity contribution >= 4 is 38.7 Å². The molecule has 1 aliphatic heterocycles. The van der Waals surface area contributed by atoms with Crippen LogP contribution in [-0.2, 0) is 11.8 Å². The summed E-state index contributed by atoms with van der Waals surface area (Å²) < 4.78 is 21.3. The Kier molecular flexibility index (Phi) is 6.82. The van der Waals surface area contributed by atoms with Crippen molar-refractivity contribution in [1.82, 2.24) is 4.90 Å². The van der Waals surface area contributed by atoms with E-state index in [9.17, 15) is 0 Å². The number of hydrogen-bond acceptors (Lipinski definition) is 5. The topological polar surface area (TPSA) is 50.8 Å². The van der Waals surface area contributed by atoms with Crippen molar-refractivity contribution in [2.24, 2.45) is 7.05 Å². The lowest BCUT2D eigenvalue weighted by Gasteiger charge is -2.26. The maximum absolute atomic E-state index is 6.47. The van der Waals surface area contributed by atoms with Crippen molar-refractivity contribution in [3.05, 3.63) is 42.5 Å². The normalized spacial score (nSPS) is 15.3. The number of aryl methyl sites for hydroxylation is 1. The fourth-order valence-electron chi connectivity index (χ4n) is 4.94. The first-order chi connectivity index (χ1) is 16.9. The van der Waals surface area contributed by atoms with Gasteiger partial charge in [-0.2, -0.15) is 4.57 Å². The van der Waals surface area contributed by atoms with Crippen LogP contribution in [0.25, 0.3) is 33.0 Å². The van der Waals surface area contributed by atoms with Gasteiger partial charge in [0.15, 0.2) is 0 Å². The quantitative estimate of drug-likeness (QED) is 0.225. The summed E-state index contributed by atoms with van der Waals surface area (Å²) in [5, 5.41) is 5.96. The number of rotatable bonds is 9. The highest BCUT2D eigenvalue weighted by Crippen LogP contribution is 2.37. The van der Waals surface area contributed by atoms with Gasteiger partial charge < -0.3 is 23.7 Å². The second-order valence-electron chi connectivity index (χ2n) is 10.5. The van der Waals surface area contributed by atoms with E-state index in [1.165, 1.54) is 10.9 Å². The minimum absolute atomic E-state index is 0.709. The van der Waals surface area contributed by atoms with Crippen LogP contribution in [0.15, 0.2) is 46.9 Å². The van der Waals surface area contributed by atoms with Gasteiger partial charge in [0.1, 0.15) is 18.4 Å². The van der Waals surface area contributed by atoms with Crippen molar-refractivity contribution < 1.29 is 22.9 Å². The van der Waals surface area contributed by atoms with Gasteiger partial charge in [0.2, 0.25) is 11.1 Å². The zero-order chi connectivity index (χ0) is 24.4. The number of para-hydroxylation sites is 1. The SMILES string of the molecule is C[n+]1c2ccccc2c(NCCN2CCOCC2)c2oc3ccc(OCCC[N+](C)(C)C)cc3c21. The van der Waals surface area contributed by atoms with Crippen LogP contribution < -0.4 is 14.6 Å². The summed E-state index contributed by atoms with van der Waals surface area (Å²) in [5.74, 6) is 0.886. The lowest BCUT2D eigenvalue weighted by molar-refractivity contribution is -0.870. The van der Waals surface area contributed by atoms with Crippen LogP contribution >= 0.6 is 0 Å². The number of nitrogens with zero attached hydrogens (tertiary/aromatic N) is 3. The number of morpholine rings is 1. The molecule has 186 valence electrons. The molecule has 4 aromatic rings. The molecule has 3 heterocycles. The molecule has 1 saturated heterocycles. The highest BCUT2D eigenvalue weighted by Gasteiger charge is 2.25. The summed E-state index contributed by atoms with van der Waals surface area (Å²) in [5.41, 5.74) is 5.09. The Balaban J connectivity index is 1.47. The monoisotopic (exact) mass is 478 g/mol. The van der Waals surface area contributed by atoms with E-state index in [1.807, 2.05) is 12.1 Å². The Labute approximate surface area is 207 Å². The predicted octanol–water partition coefficient (Wildman–Crippen LogP) is 3.78. The van der Waals surface area contributed by atoms with Gasteiger partial charge >= 0.3 is 0 Å². The first kappa shape index (κ1) is 23.9. The molecule has 0 aliphatic carbocycles. The first-order valence-electron chi connectivity index (χ1n) is 12.6. The summed E-state index contributed by atoms with van der Waals surface area (Å²) in [6.45, 7) is 7.23. The van der Waals surface area contributed by atoms with Crippen LogP contribution in [0, 0.1) is 0 Å². The van der Waals surface area contributed by atoms with Gasteiger partial charge in [0, 0.05) is 38.7 Å². The van der Waals surface area contributed by atoms with E-state index in [0.29, 0.717) is 6.61 Å². The van der Waals surface area contributed by atoms with Crippen molar-refractivity contribution in [2.45, 2.75) is 6.42 Å². The molecule has 0 amide bonds. The van der Waals surface area contributed by atoms with Crippen molar-refractivity contribution in [2.75, 3.05) is 79.0 Å². The number of aromatic nitrogens is 1. The largest absolute Gasteiger partial charge is 0.493 e. The molecule has 35 heavy (non-hydrogen) atoms. The Morgan fingerprint density at radius 3 is 2.66 bits per heavy atom. The molecule has 0 spiro atoms. The number of furan rings is 1. The number of benzene rings is 2. The smallest absolute Gasteiger partial charge is 0.261 e. The first-order valence-corrected chi connectivity index (χ1v) is 12.6. The van der Waals surface area contributed by atoms with Crippen LogP contribution in [-0.4, -0.2) is 83.1 Å². The second kappa shape index (κ2) is 10.0. The van der Waals surface area contributed by atoms with E-state index in [4.69, 9.17) is 13.9 Å². The molecule has 1 fully saturated rings. The standard InChI is InChI=1S/C28H37N4O3/c1-30-24-9-6-5-8-22(24)26(29-12-13-31-14-18-33-19-15-31)28-27(30)23-20-21(10-11-25(23)35-28)34-17-7-16-32(2,3)4/h5-6,8-11,20H,7,12-19H2,1-4H3/q+1/p+1. The average Bonchev–Trinajstić information content (AvgIpc) is 3.23. The van der Waals surface area contributed by atoms with Crippen LogP contribution in [0.1, 0.15) is 6.42 Å². The molecular weight excluding hydrogens is 440 g/mol. The number of ether oxygens (including phenoxy) is 2. The number of hydrogen-bond donors (Lipinski definition) is 1. The molecule has 1 aliphatic rings. The zero-order valence-electron chi connectivity index (χ0n) is 21.5. The molecule has 0 radical (unpaired) electrons. The van der Waals surface area contributed by atoms with Gasteiger partial charge in [0.05, 0.1) is 64.0 Å². The van der Waals surface area contributed by atoms with Crippen LogP contribution in [0.3, 0.4) is 0 Å². The summed E-state index contributed by atoms with van der Waals surface area (Å²) in [6, 6.07) is 14.7. The van der Waals surface area contributed by atoms with E-state index < -0.39 is 0 Å². The van der Waals surface area contributed by atoms with E-state index >= 15 is 0 Å². The molecule has 0 saturated carbocycles. The molecule has 7 nitrogen and oxygen atoms in total. The van der Waals surface area contributed by atoms with Gasteiger partial charge in [-0.05, 0) is 24.3 Å². The van der Waals surface area contributed by atoms with E-state index in [2.05, 4.69) is 73.3 Å². The molecule has 0 unspecified atom stereocenters. The summed E-state index contributed by atoms with van der Waals surface area (Å²) >= 11 is 0. The van der Waals surface area contributed by atoms with Gasteiger partial charge in [-0.1, -0.05) is 12.1 Å². The number of pyridine rings is 1. The minimum Gasteiger partial charge on any atom is -0.493 e. The third-order valence-electron chi connectivity index (χ3n) is 6.81. The van der Waals surface area contributed by atoms with Gasteiger partial charge in [-0.25, -0.2) is 0 Å². The number of nitrogens with one attached hydrogen (secondary N) is 1. The molecule has 1 N–H and O–H groups in total. The van der Waals surface area contributed by atoms with E-state index in [0.717, 1.165) is 90.3 Å². The summed E-state index contributed by atoms with van der Waals surface area (Å²) in [6.07, 6.45) is 1.02. The third kappa shape index (κ3) is 5.22.